The number of likely N-dealkylation sites (tertiary alicyclic amines) is 1. The number of carboxylic acid groups (broad SMARTS) is 1. The monoisotopic (exact) mass is 211 g/mol. The molecule has 1 aliphatic rings. The minimum atomic E-state index is -1.69. The zero-order valence-electron chi connectivity index (χ0n) is 7.41. The van der Waals surface area contributed by atoms with Crippen LogP contribution >= 0.6 is 12.4 Å². The number of nitrogens with zero attached hydrogens (tertiary/aromatic N) is 1. The molecule has 0 aromatic heterocycles. The quantitative estimate of drug-likeness (QED) is 0.763. The lowest BCUT2D eigenvalue weighted by Gasteiger charge is -2.14. The fourth-order valence-corrected chi connectivity index (χ4v) is 1.43. The number of halogens is 2. The smallest absolute Gasteiger partial charge is 0.338 e. The Morgan fingerprint density at radius 3 is 2.46 bits per heavy atom. The Hall–Kier alpha value is -0.350. The molecule has 1 N–H and O–H groups in total. The van der Waals surface area contributed by atoms with Crippen LogP contribution in [0.2, 0.25) is 0 Å². The highest BCUT2D eigenvalue weighted by molar-refractivity contribution is 5.85. The second-order valence-electron chi connectivity index (χ2n) is 3.14. The molecule has 1 atom stereocenters. The molecular weight excluding hydrogens is 197 g/mol. The molecular formula is C8H15ClFNO2. The van der Waals surface area contributed by atoms with Crippen molar-refractivity contribution in [3.8, 4) is 0 Å². The number of carbonyl (C=O) groups is 1. The lowest BCUT2D eigenvalue weighted by molar-refractivity contribution is -0.143. The molecule has 1 unspecified atom stereocenters. The molecule has 0 aromatic carbocycles. The molecule has 0 saturated carbocycles. The second kappa shape index (κ2) is 6.16. The van der Waals surface area contributed by atoms with Crippen molar-refractivity contribution in [3.05, 3.63) is 0 Å². The summed E-state index contributed by atoms with van der Waals surface area (Å²) < 4.78 is 12.6. The summed E-state index contributed by atoms with van der Waals surface area (Å²) in [7, 11) is 0. The average molecular weight is 212 g/mol. The van der Waals surface area contributed by atoms with Gasteiger partial charge in [-0.25, -0.2) is 9.18 Å². The van der Waals surface area contributed by atoms with E-state index in [0.29, 0.717) is 6.54 Å². The standard InChI is InChI=1S/C8H14FNO2.ClH/c9-7(8(11)12)3-6-10-4-1-2-5-10;/h7H,1-6H2,(H,11,12);1H. The SMILES string of the molecule is Cl.O=C(O)C(F)CCN1CCCC1. The van der Waals surface area contributed by atoms with Gasteiger partial charge in [0, 0.05) is 13.0 Å². The van der Waals surface area contributed by atoms with Crippen LogP contribution in [0.5, 0.6) is 0 Å². The third-order valence-electron chi connectivity index (χ3n) is 2.17. The molecule has 0 spiro atoms. The van der Waals surface area contributed by atoms with Crippen molar-refractivity contribution in [3.63, 3.8) is 0 Å². The van der Waals surface area contributed by atoms with Crippen molar-refractivity contribution in [1.82, 2.24) is 4.90 Å². The highest BCUT2D eigenvalue weighted by Gasteiger charge is 2.18. The Kier molecular flexibility index (Phi) is 5.99. The minimum Gasteiger partial charge on any atom is -0.479 e. The van der Waals surface area contributed by atoms with E-state index in [9.17, 15) is 9.18 Å². The highest BCUT2D eigenvalue weighted by Crippen LogP contribution is 2.09. The number of rotatable bonds is 4. The largest absolute Gasteiger partial charge is 0.479 e. The van der Waals surface area contributed by atoms with E-state index in [2.05, 4.69) is 4.90 Å². The van der Waals surface area contributed by atoms with Crippen LogP contribution in [0.15, 0.2) is 0 Å². The van der Waals surface area contributed by atoms with Gasteiger partial charge in [0.05, 0.1) is 0 Å². The summed E-state index contributed by atoms with van der Waals surface area (Å²) in [6.07, 6.45) is 0.745. The van der Waals surface area contributed by atoms with Gasteiger partial charge < -0.3 is 10.0 Å². The maximum absolute atomic E-state index is 12.6. The van der Waals surface area contributed by atoms with E-state index in [1.54, 1.807) is 0 Å². The Morgan fingerprint density at radius 2 is 2.00 bits per heavy atom. The summed E-state index contributed by atoms with van der Waals surface area (Å²) in [6, 6.07) is 0. The van der Waals surface area contributed by atoms with Crippen molar-refractivity contribution < 1.29 is 14.3 Å². The highest BCUT2D eigenvalue weighted by atomic mass is 35.5. The first-order chi connectivity index (χ1) is 5.70. The molecule has 1 heterocycles. The van der Waals surface area contributed by atoms with Crippen LogP contribution in [-0.2, 0) is 4.79 Å². The van der Waals surface area contributed by atoms with Gasteiger partial charge in [-0.3, -0.25) is 0 Å². The first kappa shape index (κ1) is 12.7. The summed E-state index contributed by atoms with van der Waals surface area (Å²) in [5.74, 6) is -1.34. The van der Waals surface area contributed by atoms with Gasteiger partial charge in [0.15, 0.2) is 6.17 Å². The van der Waals surface area contributed by atoms with Crippen LogP contribution in [0.25, 0.3) is 0 Å². The van der Waals surface area contributed by atoms with Gasteiger partial charge in [-0.1, -0.05) is 0 Å². The van der Waals surface area contributed by atoms with Gasteiger partial charge in [0.2, 0.25) is 0 Å². The Balaban J connectivity index is 0.00000144. The third kappa shape index (κ3) is 4.43. The van der Waals surface area contributed by atoms with Crippen molar-refractivity contribution >= 4 is 18.4 Å². The van der Waals surface area contributed by atoms with Crippen LogP contribution in [0.4, 0.5) is 4.39 Å². The van der Waals surface area contributed by atoms with Gasteiger partial charge in [-0.2, -0.15) is 0 Å². The van der Waals surface area contributed by atoms with E-state index in [0.717, 1.165) is 25.9 Å². The van der Waals surface area contributed by atoms with E-state index in [1.807, 2.05) is 0 Å². The Bertz CT molecular complexity index is 162. The Morgan fingerprint density at radius 1 is 1.46 bits per heavy atom. The predicted molar refractivity (Wildman–Crippen MR) is 50.1 cm³/mol. The van der Waals surface area contributed by atoms with E-state index < -0.39 is 12.1 Å². The maximum Gasteiger partial charge on any atom is 0.338 e. The molecule has 0 radical (unpaired) electrons. The van der Waals surface area contributed by atoms with Gasteiger partial charge in [-0.15, -0.1) is 12.4 Å². The molecule has 1 saturated heterocycles. The van der Waals surface area contributed by atoms with Gasteiger partial charge in [0.1, 0.15) is 0 Å². The van der Waals surface area contributed by atoms with Crippen LogP contribution < -0.4 is 0 Å². The molecule has 0 bridgehead atoms. The number of carboxylic acids is 1. The second-order valence-corrected chi connectivity index (χ2v) is 3.14. The van der Waals surface area contributed by atoms with Crippen LogP contribution in [0.1, 0.15) is 19.3 Å². The third-order valence-corrected chi connectivity index (χ3v) is 2.17. The van der Waals surface area contributed by atoms with Crippen molar-refractivity contribution in [2.24, 2.45) is 0 Å². The number of alkyl halides is 1. The van der Waals surface area contributed by atoms with E-state index in [-0.39, 0.29) is 18.8 Å². The van der Waals surface area contributed by atoms with Crippen molar-refractivity contribution in [1.29, 1.82) is 0 Å². The van der Waals surface area contributed by atoms with Gasteiger partial charge >= 0.3 is 5.97 Å². The fourth-order valence-electron chi connectivity index (χ4n) is 1.43. The van der Waals surface area contributed by atoms with Crippen LogP contribution in [-0.4, -0.2) is 41.8 Å². The molecule has 13 heavy (non-hydrogen) atoms. The normalized spacial score (nSPS) is 19.5. The Labute approximate surface area is 83.3 Å². The molecule has 1 aliphatic heterocycles. The fraction of sp³-hybridized carbons (Fsp3) is 0.875. The molecule has 0 aromatic rings. The molecule has 5 heteroatoms. The van der Waals surface area contributed by atoms with E-state index in [4.69, 9.17) is 5.11 Å². The number of aliphatic carboxylic acids is 1. The maximum atomic E-state index is 12.6. The summed E-state index contributed by atoms with van der Waals surface area (Å²) in [6.45, 7) is 2.56. The van der Waals surface area contributed by atoms with Crippen molar-refractivity contribution in [2.75, 3.05) is 19.6 Å². The first-order valence-corrected chi connectivity index (χ1v) is 4.29. The average Bonchev–Trinajstić information content (AvgIpc) is 2.51. The zero-order valence-corrected chi connectivity index (χ0v) is 8.23. The summed E-state index contributed by atoms with van der Waals surface area (Å²) >= 11 is 0. The number of hydrogen-bond acceptors (Lipinski definition) is 2. The number of hydrogen-bond donors (Lipinski definition) is 1. The molecule has 0 amide bonds. The van der Waals surface area contributed by atoms with E-state index in [1.165, 1.54) is 0 Å². The molecule has 3 nitrogen and oxygen atoms in total. The lowest BCUT2D eigenvalue weighted by Crippen LogP contribution is -2.26. The minimum absolute atomic E-state index is 0. The van der Waals surface area contributed by atoms with Crippen molar-refractivity contribution in [2.45, 2.75) is 25.4 Å². The van der Waals surface area contributed by atoms with E-state index >= 15 is 0 Å². The first-order valence-electron chi connectivity index (χ1n) is 4.29. The van der Waals surface area contributed by atoms with Gasteiger partial charge in [0.25, 0.3) is 0 Å². The summed E-state index contributed by atoms with van der Waals surface area (Å²) in [4.78, 5) is 12.2. The molecule has 1 fully saturated rings. The molecule has 0 aliphatic carbocycles. The molecule has 1 rings (SSSR count). The van der Waals surface area contributed by atoms with Crippen LogP contribution in [0.3, 0.4) is 0 Å². The van der Waals surface area contributed by atoms with Crippen LogP contribution in [0, 0.1) is 0 Å². The molecule has 78 valence electrons. The topological polar surface area (TPSA) is 40.5 Å². The van der Waals surface area contributed by atoms with Gasteiger partial charge in [-0.05, 0) is 25.9 Å². The lowest BCUT2D eigenvalue weighted by atomic mass is 10.2. The zero-order chi connectivity index (χ0) is 8.97. The summed E-state index contributed by atoms with van der Waals surface area (Å²) in [5.41, 5.74) is 0. The predicted octanol–water partition coefficient (Wildman–Crippen LogP) is 1.32. The summed E-state index contributed by atoms with van der Waals surface area (Å²) in [5, 5.41) is 8.26.